The minimum atomic E-state index is 0.184. The van der Waals surface area contributed by atoms with Crippen molar-refractivity contribution in [3.63, 3.8) is 0 Å². The predicted molar refractivity (Wildman–Crippen MR) is 127 cm³/mol. The lowest BCUT2D eigenvalue weighted by atomic mass is 9.89. The Hall–Kier alpha value is -3.18. The van der Waals surface area contributed by atoms with Crippen LogP contribution in [0.1, 0.15) is 16.7 Å². The first-order valence-electron chi connectivity index (χ1n) is 10.9. The van der Waals surface area contributed by atoms with Gasteiger partial charge in [-0.1, -0.05) is 24.3 Å². The van der Waals surface area contributed by atoms with Gasteiger partial charge in [0.1, 0.15) is 11.5 Å². The van der Waals surface area contributed by atoms with Crippen LogP contribution in [-0.2, 0) is 19.3 Å². The summed E-state index contributed by atoms with van der Waals surface area (Å²) in [6.45, 7) is 0.917. The maximum absolute atomic E-state index is 11.2. The van der Waals surface area contributed by atoms with Gasteiger partial charge in [-0.2, -0.15) is 0 Å². The molecular weight excluding hydrogens is 402 g/mol. The summed E-state index contributed by atoms with van der Waals surface area (Å²) in [5.74, 6) is 2.31. The average Bonchev–Trinajstić information content (AvgIpc) is 2.87. The van der Waals surface area contributed by atoms with Gasteiger partial charge in [-0.3, -0.25) is 0 Å². The third-order valence-corrected chi connectivity index (χ3v) is 6.45. The van der Waals surface area contributed by atoms with E-state index >= 15 is 0 Å². The monoisotopic (exact) mass is 433 g/mol. The molecule has 32 heavy (non-hydrogen) atoms. The highest BCUT2D eigenvalue weighted by Gasteiger charge is 2.25. The molecule has 1 heterocycles. The van der Waals surface area contributed by atoms with E-state index in [1.165, 1.54) is 11.1 Å². The molecule has 5 nitrogen and oxygen atoms in total. The van der Waals surface area contributed by atoms with Gasteiger partial charge in [0.05, 0.1) is 21.3 Å². The van der Waals surface area contributed by atoms with Crippen molar-refractivity contribution in [1.82, 2.24) is 4.90 Å². The minimum absolute atomic E-state index is 0.184. The second-order valence-electron chi connectivity index (χ2n) is 8.32. The van der Waals surface area contributed by atoms with Crippen LogP contribution in [0.5, 0.6) is 23.0 Å². The summed E-state index contributed by atoms with van der Waals surface area (Å²) in [5, 5.41) is 11.2. The van der Waals surface area contributed by atoms with Crippen molar-refractivity contribution in [3.05, 3.63) is 71.3 Å². The fraction of sp³-hybridized carbons (Fsp3) is 0.333. The van der Waals surface area contributed by atoms with Gasteiger partial charge in [0.25, 0.3) is 0 Å². The normalized spacial score (nSPS) is 16.2. The molecule has 4 rings (SSSR count). The fourth-order valence-corrected chi connectivity index (χ4v) is 4.57. The molecule has 5 heteroatoms. The standard InChI is InChI=1S/C27H31NO4/c1-28-13-12-19-8-10-23(31-3)17-24(19)26-20(9-11-25(32-4)27(26)29)16-21(28)14-18-6-5-7-22(15-18)30-2/h5-11,15,17,21,29H,12-14,16H2,1-4H3. The molecule has 1 unspecified atom stereocenters. The topological polar surface area (TPSA) is 51.2 Å². The molecule has 0 spiro atoms. The molecule has 1 atom stereocenters. The maximum Gasteiger partial charge on any atom is 0.165 e. The summed E-state index contributed by atoms with van der Waals surface area (Å²) in [7, 11) is 7.13. The second-order valence-corrected chi connectivity index (χ2v) is 8.32. The Balaban J connectivity index is 1.81. The van der Waals surface area contributed by atoms with E-state index in [1.807, 2.05) is 30.3 Å². The van der Waals surface area contributed by atoms with E-state index < -0.39 is 0 Å². The Kier molecular flexibility index (Phi) is 6.56. The molecule has 3 aromatic rings. The molecule has 0 saturated heterocycles. The van der Waals surface area contributed by atoms with Crippen molar-refractivity contribution < 1.29 is 19.3 Å². The largest absolute Gasteiger partial charge is 0.504 e. The van der Waals surface area contributed by atoms with Gasteiger partial charge in [-0.05, 0) is 78.9 Å². The Morgan fingerprint density at radius 3 is 2.41 bits per heavy atom. The van der Waals surface area contributed by atoms with Gasteiger partial charge in [-0.15, -0.1) is 0 Å². The molecule has 0 fully saturated rings. The molecule has 0 bridgehead atoms. The number of aromatic hydroxyl groups is 1. The maximum atomic E-state index is 11.2. The lowest BCUT2D eigenvalue weighted by Gasteiger charge is -2.28. The quantitative estimate of drug-likeness (QED) is 0.631. The number of likely N-dealkylation sites (N-methyl/N-ethyl adjacent to an activating group) is 1. The van der Waals surface area contributed by atoms with Gasteiger partial charge in [0, 0.05) is 18.2 Å². The van der Waals surface area contributed by atoms with Crippen LogP contribution in [0.4, 0.5) is 0 Å². The van der Waals surface area contributed by atoms with Crippen molar-refractivity contribution >= 4 is 0 Å². The molecular formula is C27H31NO4. The summed E-state index contributed by atoms with van der Waals surface area (Å²) < 4.78 is 16.4. The van der Waals surface area contributed by atoms with Crippen LogP contribution in [-0.4, -0.2) is 51.0 Å². The molecule has 0 radical (unpaired) electrons. The Labute approximate surface area is 190 Å². The summed E-state index contributed by atoms with van der Waals surface area (Å²) in [5.41, 5.74) is 5.36. The zero-order valence-electron chi connectivity index (χ0n) is 19.2. The number of phenolic OH excluding ortho intramolecular Hbond substituents is 1. The van der Waals surface area contributed by atoms with E-state index in [0.717, 1.165) is 54.0 Å². The number of methoxy groups -OCH3 is 3. The molecule has 0 aliphatic carbocycles. The van der Waals surface area contributed by atoms with Crippen molar-refractivity contribution in [1.29, 1.82) is 0 Å². The molecule has 168 valence electrons. The van der Waals surface area contributed by atoms with Gasteiger partial charge in [0.2, 0.25) is 0 Å². The molecule has 3 aromatic carbocycles. The number of nitrogens with zero attached hydrogens (tertiary/aromatic N) is 1. The first-order valence-corrected chi connectivity index (χ1v) is 10.9. The molecule has 0 amide bonds. The van der Waals surface area contributed by atoms with E-state index in [0.29, 0.717) is 5.75 Å². The molecule has 1 aliphatic rings. The predicted octanol–water partition coefficient (Wildman–Crippen LogP) is 4.73. The van der Waals surface area contributed by atoms with E-state index in [4.69, 9.17) is 14.2 Å². The van der Waals surface area contributed by atoms with E-state index in [-0.39, 0.29) is 11.8 Å². The lowest BCUT2D eigenvalue weighted by Crippen LogP contribution is -2.36. The van der Waals surface area contributed by atoms with Gasteiger partial charge < -0.3 is 24.2 Å². The Bertz CT molecular complexity index is 1100. The van der Waals surface area contributed by atoms with Crippen molar-refractivity contribution in [3.8, 4) is 34.1 Å². The SMILES string of the molecule is COc1cccc(CC2Cc3ccc(OC)c(O)c3-c3cc(OC)ccc3CCN2C)c1. The van der Waals surface area contributed by atoms with Crippen LogP contribution in [0, 0.1) is 0 Å². The Morgan fingerprint density at radius 1 is 0.906 bits per heavy atom. The third kappa shape index (κ3) is 4.39. The van der Waals surface area contributed by atoms with Crippen molar-refractivity contribution in [2.75, 3.05) is 34.9 Å². The third-order valence-electron chi connectivity index (χ3n) is 6.45. The lowest BCUT2D eigenvalue weighted by molar-refractivity contribution is 0.241. The van der Waals surface area contributed by atoms with Crippen molar-refractivity contribution in [2.45, 2.75) is 25.3 Å². The van der Waals surface area contributed by atoms with Gasteiger partial charge >= 0.3 is 0 Å². The number of phenols is 1. The smallest absolute Gasteiger partial charge is 0.165 e. The van der Waals surface area contributed by atoms with Crippen LogP contribution in [0.3, 0.4) is 0 Å². The number of hydrogen-bond acceptors (Lipinski definition) is 5. The van der Waals surface area contributed by atoms with E-state index in [1.54, 1.807) is 21.3 Å². The summed E-state index contributed by atoms with van der Waals surface area (Å²) in [4.78, 5) is 2.42. The number of ether oxygens (including phenoxy) is 3. The Morgan fingerprint density at radius 2 is 1.66 bits per heavy atom. The molecule has 1 N–H and O–H groups in total. The molecule has 0 aromatic heterocycles. The minimum Gasteiger partial charge on any atom is -0.504 e. The number of fused-ring (bicyclic) bond motifs is 3. The average molecular weight is 434 g/mol. The zero-order valence-corrected chi connectivity index (χ0v) is 19.2. The highest BCUT2D eigenvalue weighted by Crippen LogP contribution is 2.43. The first kappa shape index (κ1) is 22.0. The molecule has 0 saturated carbocycles. The summed E-state index contributed by atoms with van der Waals surface area (Å²) >= 11 is 0. The van der Waals surface area contributed by atoms with E-state index in [9.17, 15) is 5.11 Å². The van der Waals surface area contributed by atoms with Gasteiger partial charge in [-0.25, -0.2) is 0 Å². The molecule has 1 aliphatic heterocycles. The van der Waals surface area contributed by atoms with Crippen LogP contribution in [0.15, 0.2) is 54.6 Å². The van der Waals surface area contributed by atoms with Crippen LogP contribution < -0.4 is 14.2 Å². The first-order chi connectivity index (χ1) is 15.5. The number of benzene rings is 3. The van der Waals surface area contributed by atoms with Crippen molar-refractivity contribution in [2.24, 2.45) is 0 Å². The van der Waals surface area contributed by atoms with Crippen LogP contribution in [0.25, 0.3) is 11.1 Å². The fourth-order valence-electron chi connectivity index (χ4n) is 4.57. The van der Waals surface area contributed by atoms with Crippen LogP contribution >= 0.6 is 0 Å². The van der Waals surface area contributed by atoms with E-state index in [2.05, 4.69) is 36.2 Å². The highest BCUT2D eigenvalue weighted by atomic mass is 16.5. The summed E-state index contributed by atoms with van der Waals surface area (Å²) in [6.07, 6.45) is 2.57. The highest BCUT2D eigenvalue weighted by molar-refractivity contribution is 5.80. The zero-order chi connectivity index (χ0) is 22.7. The summed E-state index contributed by atoms with van der Waals surface area (Å²) in [6, 6.07) is 18.6. The number of hydrogen-bond donors (Lipinski definition) is 1. The van der Waals surface area contributed by atoms with Crippen LogP contribution in [0.2, 0.25) is 0 Å². The second kappa shape index (κ2) is 9.53. The number of rotatable bonds is 5. The van der Waals surface area contributed by atoms with Gasteiger partial charge in [0.15, 0.2) is 11.5 Å².